The summed E-state index contributed by atoms with van der Waals surface area (Å²) in [6, 6.07) is 3.95. The smallest absolute Gasteiger partial charge is 0.260 e. The monoisotopic (exact) mass is 420 g/mol. The summed E-state index contributed by atoms with van der Waals surface area (Å²) < 4.78 is 0. The zero-order valence-electron chi connectivity index (χ0n) is 14.2. The van der Waals surface area contributed by atoms with Crippen LogP contribution in [0.25, 0.3) is 20.7 Å². The molecule has 0 spiro atoms. The van der Waals surface area contributed by atoms with Crippen molar-refractivity contribution in [3.8, 4) is 10.4 Å². The average molecular weight is 421 g/mol. The summed E-state index contributed by atoms with van der Waals surface area (Å²) in [4.78, 5) is 46.8. The lowest BCUT2D eigenvalue weighted by Gasteiger charge is -2.26. The Labute approximate surface area is 166 Å². The standard InChI is InChI=1S/C17H16N4O3S3/c22-13-6-21(4-3-18-13)14(23)9-25-8-12-19-16(24)15-10(7-27-17(15)20-12)11-2-1-5-26-11/h1-2,5,7H,3-4,6,8-9H2,(H,18,22)(H,19,20,24). The first-order valence-electron chi connectivity index (χ1n) is 8.28. The third-order valence-corrected chi connectivity index (χ3v) is 6.84. The molecule has 0 radical (unpaired) electrons. The molecule has 1 saturated heterocycles. The first-order chi connectivity index (χ1) is 13.1. The highest BCUT2D eigenvalue weighted by Gasteiger charge is 2.21. The van der Waals surface area contributed by atoms with E-state index in [1.54, 1.807) is 16.2 Å². The summed E-state index contributed by atoms with van der Waals surface area (Å²) in [5, 5.41) is 7.25. The normalized spacial score (nSPS) is 14.5. The van der Waals surface area contributed by atoms with Gasteiger partial charge in [-0.15, -0.1) is 34.4 Å². The summed E-state index contributed by atoms with van der Waals surface area (Å²) in [6.45, 7) is 1.14. The summed E-state index contributed by atoms with van der Waals surface area (Å²) in [5.74, 6) is 1.04. The van der Waals surface area contributed by atoms with Crippen LogP contribution >= 0.6 is 34.4 Å². The van der Waals surface area contributed by atoms with Crippen molar-refractivity contribution in [1.82, 2.24) is 20.2 Å². The molecule has 3 aromatic rings. The quantitative estimate of drug-likeness (QED) is 0.657. The van der Waals surface area contributed by atoms with Crippen LogP contribution in [-0.2, 0) is 15.3 Å². The second-order valence-electron chi connectivity index (χ2n) is 5.98. The molecule has 1 fully saturated rings. The lowest BCUT2D eigenvalue weighted by molar-refractivity contribution is -0.136. The van der Waals surface area contributed by atoms with Gasteiger partial charge in [0, 0.05) is 28.9 Å². The number of rotatable bonds is 5. The van der Waals surface area contributed by atoms with Crippen molar-refractivity contribution in [2.45, 2.75) is 5.75 Å². The number of hydrogen-bond acceptors (Lipinski definition) is 7. The van der Waals surface area contributed by atoms with E-state index in [1.807, 2.05) is 22.9 Å². The second-order valence-corrected chi connectivity index (χ2v) is 8.77. The lowest BCUT2D eigenvalue weighted by Crippen LogP contribution is -2.50. The topological polar surface area (TPSA) is 95.2 Å². The molecule has 1 aliphatic heterocycles. The largest absolute Gasteiger partial charge is 0.353 e. The number of nitrogens with zero attached hydrogens (tertiary/aromatic N) is 2. The van der Waals surface area contributed by atoms with E-state index >= 15 is 0 Å². The summed E-state index contributed by atoms with van der Waals surface area (Å²) >= 11 is 4.42. The van der Waals surface area contributed by atoms with Crippen LogP contribution in [0.1, 0.15) is 5.82 Å². The molecule has 0 atom stereocenters. The Hall–Kier alpha value is -2.17. The summed E-state index contributed by atoms with van der Waals surface area (Å²) in [6.07, 6.45) is 0. The van der Waals surface area contributed by atoms with Crippen molar-refractivity contribution < 1.29 is 9.59 Å². The van der Waals surface area contributed by atoms with Crippen LogP contribution in [0.15, 0.2) is 27.7 Å². The Morgan fingerprint density at radius 1 is 1.33 bits per heavy atom. The second kappa shape index (κ2) is 7.83. The maximum atomic E-state index is 12.5. The number of hydrogen-bond donors (Lipinski definition) is 2. The van der Waals surface area contributed by atoms with Crippen LogP contribution < -0.4 is 10.9 Å². The molecule has 2 N–H and O–H groups in total. The summed E-state index contributed by atoms with van der Waals surface area (Å²) in [7, 11) is 0. The number of aromatic nitrogens is 2. The van der Waals surface area contributed by atoms with Gasteiger partial charge in [-0.1, -0.05) is 6.07 Å². The number of nitrogens with one attached hydrogen (secondary N) is 2. The minimum absolute atomic E-state index is 0.0746. The van der Waals surface area contributed by atoms with E-state index in [1.165, 1.54) is 23.1 Å². The fourth-order valence-corrected chi connectivity index (χ4v) is 5.42. The molecule has 0 bridgehead atoms. The van der Waals surface area contributed by atoms with E-state index < -0.39 is 0 Å². The highest BCUT2D eigenvalue weighted by molar-refractivity contribution is 7.99. The zero-order valence-corrected chi connectivity index (χ0v) is 16.6. The molecule has 0 unspecified atom stereocenters. The Morgan fingerprint density at radius 2 is 2.22 bits per heavy atom. The first-order valence-corrected chi connectivity index (χ1v) is 11.2. The molecule has 0 aromatic carbocycles. The molecule has 0 aliphatic carbocycles. The van der Waals surface area contributed by atoms with Crippen molar-refractivity contribution >= 4 is 56.5 Å². The van der Waals surface area contributed by atoms with Crippen LogP contribution in [0, 0.1) is 0 Å². The molecular weight excluding hydrogens is 404 g/mol. The van der Waals surface area contributed by atoms with Gasteiger partial charge in [0.1, 0.15) is 10.7 Å². The van der Waals surface area contributed by atoms with Crippen molar-refractivity contribution in [3.05, 3.63) is 39.1 Å². The number of carbonyl (C=O) groups excluding carboxylic acids is 2. The fourth-order valence-electron chi connectivity index (χ4n) is 2.85. The number of amides is 2. The van der Waals surface area contributed by atoms with Crippen molar-refractivity contribution in [2.24, 2.45) is 0 Å². The van der Waals surface area contributed by atoms with Gasteiger partial charge < -0.3 is 15.2 Å². The molecule has 27 heavy (non-hydrogen) atoms. The highest BCUT2D eigenvalue weighted by atomic mass is 32.2. The van der Waals surface area contributed by atoms with Gasteiger partial charge in [-0.2, -0.15) is 0 Å². The maximum absolute atomic E-state index is 12.5. The average Bonchev–Trinajstić information content (AvgIpc) is 3.31. The Morgan fingerprint density at radius 3 is 3.00 bits per heavy atom. The molecule has 1 aliphatic rings. The molecule has 0 saturated carbocycles. The van der Waals surface area contributed by atoms with Crippen LogP contribution in [0.2, 0.25) is 0 Å². The number of fused-ring (bicyclic) bond motifs is 1. The van der Waals surface area contributed by atoms with E-state index in [-0.39, 0.29) is 29.7 Å². The van der Waals surface area contributed by atoms with Gasteiger partial charge in [-0.3, -0.25) is 14.4 Å². The van der Waals surface area contributed by atoms with Crippen LogP contribution in [0.5, 0.6) is 0 Å². The van der Waals surface area contributed by atoms with E-state index in [9.17, 15) is 14.4 Å². The van der Waals surface area contributed by atoms with Gasteiger partial charge in [0.05, 0.1) is 23.4 Å². The van der Waals surface area contributed by atoms with E-state index in [0.29, 0.717) is 34.9 Å². The number of H-pyrrole nitrogens is 1. The zero-order chi connectivity index (χ0) is 18.8. The lowest BCUT2D eigenvalue weighted by atomic mass is 10.2. The van der Waals surface area contributed by atoms with E-state index in [2.05, 4.69) is 15.3 Å². The molecule has 4 rings (SSSR count). The number of piperazine rings is 1. The third-order valence-electron chi connectivity index (χ3n) is 4.14. The first kappa shape index (κ1) is 18.2. The third kappa shape index (κ3) is 3.92. The predicted molar refractivity (Wildman–Crippen MR) is 109 cm³/mol. The fraction of sp³-hybridized carbons (Fsp3) is 0.294. The van der Waals surface area contributed by atoms with Gasteiger partial charge in [0.2, 0.25) is 11.8 Å². The molecule has 3 aromatic heterocycles. The van der Waals surface area contributed by atoms with Crippen molar-refractivity contribution in [1.29, 1.82) is 0 Å². The van der Waals surface area contributed by atoms with Gasteiger partial charge in [-0.05, 0) is 11.4 Å². The molecule has 2 amide bonds. The minimum Gasteiger partial charge on any atom is -0.353 e. The predicted octanol–water partition coefficient (Wildman–Crippen LogP) is 1.90. The van der Waals surface area contributed by atoms with Crippen molar-refractivity contribution in [3.63, 3.8) is 0 Å². The molecule has 10 heteroatoms. The van der Waals surface area contributed by atoms with Crippen LogP contribution in [0.4, 0.5) is 0 Å². The van der Waals surface area contributed by atoms with Gasteiger partial charge in [0.25, 0.3) is 5.56 Å². The SMILES string of the molecule is O=C1CN(C(=O)CSCc2nc3scc(-c4cccs4)c3c(=O)[nH]2)CCN1. The van der Waals surface area contributed by atoms with E-state index in [4.69, 9.17) is 0 Å². The van der Waals surface area contributed by atoms with Gasteiger partial charge >= 0.3 is 0 Å². The Kier molecular flexibility index (Phi) is 5.28. The highest BCUT2D eigenvalue weighted by Crippen LogP contribution is 2.33. The molecule has 4 heterocycles. The number of aromatic amines is 1. The van der Waals surface area contributed by atoms with Gasteiger partial charge in [-0.25, -0.2) is 4.98 Å². The van der Waals surface area contributed by atoms with Crippen LogP contribution in [-0.4, -0.2) is 52.1 Å². The Balaban J connectivity index is 1.43. The molecule has 140 valence electrons. The number of thiophene rings is 2. The summed E-state index contributed by atoms with van der Waals surface area (Å²) in [5.41, 5.74) is 0.760. The maximum Gasteiger partial charge on any atom is 0.260 e. The van der Waals surface area contributed by atoms with Crippen LogP contribution in [0.3, 0.4) is 0 Å². The van der Waals surface area contributed by atoms with Crippen molar-refractivity contribution in [2.75, 3.05) is 25.4 Å². The van der Waals surface area contributed by atoms with E-state index in [0.717, 1.165) is 10.4 Å². The molecule has 7 nitrogen and oxygen atoms in total. The Bertz CT molecular complexity index is 1040. The minimum atomic E-state index is -0.153. The molecular formula is C17H16N4O3S3. The number of thioether (sulfide) groups is 1. The number of carbonyl (C=O) groups is 2. The van der Waals surface area contributed by atoms with Gasteiger partial charge in [0.15, 0.2) is 0 Å².